The molecule has 0 radical (unpaired) electrons. The number of aliphatic hydroxyl groups is 1. The van der Waals surface area contributed by atoms with E-state index in [1.165, 1.54) is 19.6 Å². The number of furan rings is 1. The first-order chi connectivity index (χ1) is 5.29. The molecule has 1 atom stereocenters. The molecule has 0 bridgehead atoms. The van der Waals surface area contributed by atoms with Crippen LogP contribution in [-0.2, 0) is 0 Å². The van der Waals surface area contributed by atoms with Crippen molar-refractivity contribution in [1.29, 1.82) is 0 Å². The summed E-state index contributed by atoms with van der Waals surface area (Å²) >= 11 is 0. The largest absolute Gasteiger partial charge is 0.493 e. The van der Waals surface area contributed by atoms with Crippen LogP contribution in [0.15, 0.2) is 16.9 Å². The summed E-state index contributed by atoms with van der Waals surface area (Å²) in [5.74, 6) is 0.576. The van der Waals surface area contributed by atoms with Gasteiger partial charge in [0.05, 0.1) is 31.6 Å². The van der Waals surface area contributed by atoms with Crippen LogP contribution in [0.3, 0.4) is 0 Å². The number of ether oxygens (including phenoxy) is 1. The Hall–Kier alpha value is -1.00. The van der Waals surface area contributed by atoms with Crippen molar-refractivity contribution in [3.05, 3.63) is 18.1 Å². The summed E-state index contributed by atoms with van der Waals surface area (Å²) in [5.41, 5.74) is 6.21. The van der Waals surface area contributed by atoms with E-state index < -0.39 is 6.04 Å². The normalized spacial score (nSPS) is 13.0. The second-order valence-electron chi connectivity index (χ2n) is 2.18. The summed E-state index contributed by atoms with van der Waals surface area (Å²) in [6, 6.07) is -0.427. The minimum Gasteiger partial charge on any atom is -0.493 e. The van der Waals surface area contributed by atoms with Gasteiger partial charge < -0.3 is 20.0 Å². The molecule has 0 saturated carbocycles. The van der Waals surface area contributed by atoms with E-state index in [4.69, 9.17) is 20.0 Å². The van der Waals surface area contributed by atoms with E-state index >= 15 is 0 Å². The Bertz CT molecular complexity index is 221. The molecule has 0 aliphatic rings. The van der Waals surface area contributed by atoms with Gasteiger partial charge in [-0.25, -0.2) is 0 Å². The Morgan fingerprint density at radius 3 is 3.00 bits per heavy atom. The van der Waals surface area contributed by atoms with Gasteiger partial charge in [-0.2, -0.15) is 0 Å². The van der Waals surface area contributed by atoms with Crippen molar-refractivity contribution in [2.45, 2.75) is 6.04 Å². The van der Waals surface area contributed by atoms with Crippen molar-refractivity contribution >= 4 is 0 Å². The summed E-state index contributed by atoms with van der Waals surface area (Å²) in [6.07, 6.45) is 2.92. The lowest BCUT2D eigenvalue weighted by molar-refractivity contribution is 0.264. The fraction of sp³-hybridized carbons (Fsp3) is 0.429. The minimum atomic E-state index is -0.427. The van der Waals surface area contributed by atoms with Gasteiger partial charge in [0.25, 0.3) is 0 Å². The highest BCUT2D eigenvalue weighted by Crippen LogP contribution is 2.23. The zero-order valence-corrected chi connectivity index (χ0v) is 6.28. The first-order valence-corrected chi connectivity index (χ1v) is 3.26. The highest BCUT2D eigenvalue weighted by Gasteiger charge is 2.12. The van der Waals surface area contributed by atoms with Crippen LogP contribution in [0.25, 0.3) is 0 Å². The Morgan fingerprint density at radius 2 is 2.45 bits per heavy atom. The summed E-state index contributed by atoms with van der Waals surface area (Å²) in [7, 11) is 1.53. The van der Waals surface area contributed by atoms with E-state index in [1.807, 2.05) is 0 Å². The van der Waals surface area contributed by atoms with Crippen molar-refractivity contribution in [3.8, 4) is 5.75 Å². The van der Waals surface area contributed by atoms with Crippen LogP contribution in [0.5, 0.6) is 5.75 Å². The average Bonchev–Trinajstić information content (AvgIpc) is 2.50. The van der Waals surface area contributed by atoms with Crippen LogP contribution < -0.4 is 10.5 Å². The molecule has 4 heteroatoms. The molecule has 1 heterocycles. The quantitative estimate of drug-likeness (QED) is 0.661. The Morgan fingerprint density at radius 1 is 1.73 bits per heavy atom. The molecule has 0 spiro atoms. The molecule has 0 unspecified atom stereocenters. The standard InChI is InChI=1S/C7H11NO3/c1-10-7-4-11-3-5(7)6(8)2-9/h3-4,6,9H,2,8H2,1H3/t6-/m1/s1. The molecule has 0 fully saturated rings. The first kappa shape index (κ1) is 8.10. The maximum absolute atomic E-state index is 8.70. The molecule has 11 heavy (non-hydrogen) atoms. The lowest BCUT2D eigenvalue weighted by Crippen LogP contribution is -2.14. The van der Waals surface area contributed by atoms with Crippen LogP contribution in [0.4, 0.5) is 0 Å². The van der Waals surface area contributed by atoms with E-state index in [0.29, 0.717) is 11.3 Å². The molecule has 4 nitrogen and oxygen atoms in total. The van der Waals surface area contributed by atoms with Crippen molar-refractivity contribution in [2.75, 3.05) is 13.7 Å². The molecule has 0 aliphatic heterocycles. The average molecular weight is 157 g/mol. The highest BCUT2D eigenvalue weighted by molar-refractivity contribution is 5.30. The van der Waals surface area contributed by atoms with E-state index in [-0.39, 0.29) is 6.61 Å². The van der Waals surface area contributed by atoms with Gasteiger partial charge in [0.2, 0.25) is 0 Å². The summed E-state index contributed by atoms with van der Waals surface area (Å²) < 4.78 is 9.77. The SMILES string of the molecule is COc1cocc1[C@H](N)CO. The summed E-state index contributed by atoms with van der Waals surface area (Å²) in [6.45, 7) is -0.115. The number of hydrogen-bond donors (Lipinski definition) is 2. The maximum atomic E-state index is 8.70. The van der Waals surface area contributed by atoms with E-state index in [0.717, 1.165) is 0 Å². The van der Waals surface area contributed by atoms with Crippen molar-refractivity contribution < 1.29 is 14.3 Å². The minimum absolute atomic E-state index is 0.115. The van der Waals surface area contributed by atoms with E-state index in [1.54, 1.807) is 0 Å². The van der Waals surface area contributed by atoms with Gasteiger partial charge in [-0.15, -0.1) is 0 Å². The van der Waals surface area contributed by atoms with Crippen LogP contribution in [0, 0.1) is 0 Å². The molecule has 1 aromatic rings. The molecular weight excluding hydrogens is 146 g/mol. The molecule has 0 saturated heterocycles. The molecule has 1 aromatic heterocycles. The predicted octanol–water partition coefficient (Wildman–Crippen LogP) is 0.280. The number of aliphatic hydroxyl groups excluding tert-OH is 1. The lowest BCUT2D eigenvalue weighted by atomic mass is 10.2. The fourth-order valence-corrected chi connectivity index (χ4v) is 0.830. The second-order valence-corrected chi connectivity index (χ2v) is 2.18. The van der Waals surface area contributed by atoms with Crippen molar-refractivity contribution in [1.82, 2.24) is 0 Å². The molecule has 0 amide bonds. The van der Waals surface area contributed by atoms with Gasteiger partial charge in [0, 0.05) is 0 Å². The van der Waals surface area contributed by atoms with Crippen LogP contribution in [-0.4, -0.2) is 18.8 Å². The van der Waals surface area contributed by atoms with E-state index in [2.05, 4.69) is 0 Å². The van der Waals surface area contributed by atoms with Gasteiger partial charge in [-0.3, -0.25) is 0 Å². The predicted molar refractivity (Wildman–Crippen MR) is 39.3 cm³/mol. The third-order valence-electron chi connectivity index (χ3n) is 1.47. The van der Waals surface area contributed by atoms with Crippen LogP contribution >= 0.6 is 0 Å². The Kier molecular flexibility index (Phi) is 2.51. The van der Waals surface area contributed by atoms with Gasteiger partial charge in [0.1, 0.15) is 6.26 Å². The zero-order valence-electron chi connectivity index (χ0n) is 6.28. The third-order valence-corrected chi connectivity index (χ3v) is 1.47. The van der Waals surface area contributed by atoms with Gasteiger partial charge in [-0.1, -0.05) is 0 Å². The Balaban J connectivity index is 2.83. The third kappa shape index (κ3) is 1.53. The number of methoxy groups -OCH3 is 1. The maximum Gasteiger partial charge on any atom is 0.161 e. The lowest BCUT2D eigenvalue weighted by Gasteiger charge is -2.06. The van der Waals surface area contributed by atoms with Gasteiger partial charge in [0.15, 0.2) is 5.75 Å². The molecule has 0 aromatic carbocycles. The number of rotatable bonds is 3. The van der Waals surface area contributed by atoms with Crippen molar-refractivity contribution in [3.63, 3.8) is 0 Å². The number of hydrogen-bond acceptors (Lipinski definition) is 4. The highest BCUT2D eigenvalue weighted by atomic mass is 16.5. The zero-order chi connectivity index (χ0) is 8.27. The fourth-order valence-electron chi connectivity index (χ4n) is 0.830. The molecule has 0 aliphatic carbocycles. The molecular formula is C7H11NO3. The second kappa shape index (κ2) is 3.41. The van der Waals surface area contributed by atoms with Gasteiger partial charge in [-0.05, 0) is 0 Å². The van der Waals surface area contributed by atoms with Gasteiger partial charge >= 0.3 is 0 Å². The molecule has 3 N–H and O–H groups in total. The van der Waals surface area contributed by atoms with Crippen LogP contribution in [0.2, 0.25) is 0 Å². The van der Waals surface area contributed by atoms with Crippen molar-refractivity contribution in [2.24, 2.45) is 5.73 Å². The smallest absolute Gasteiger partial charge is 0.161 e. The topological polar surface area (TPSA) is 68.6 Å². The summed E-state index contributed by atoms with van der Waals surface area (Å²) in [5, 5.41) is 8.70. The summed E-state index contributed by atoms with van der Waals surface area (Å²) in [4.78, 5) is 0. The molecule has 1 rings (SSSR count). The number of nitrogens with two attached hydrogens (primary N) is 1. The van der Waals surface area contributed by atoms with Crippen LogP contribution in [0.1, 0.15) is 11.6 Å². The first-order valence-electron chi connectivity index (χ1n) is 3.26. The van der Waals surface area contributed by atoms with E-state index in [9.17, 15) is 0 Å². The molecule has 62 valence electrons. The monoisotopic (exact) mass is 157 g/mol. The Labute approximate surface area is 64.6 Å².